The molecule has 0 bridgehead atoms. The number of hydrogen-bond donors (Lipinski definition) is 0. The highest BCUT2D eigenvalue weighted by Gasteiger charge is 2.44. The smallest absolute Gasteiger partial charge is 0.243 e. The molecule has 0 spiro atoms. The lowest BCUT2D eigenvalue weighted by Crippen LogP contribution is -2.52. The molecular weight excluding hydrogens is 318 g/mol. The first-order valence-electron chi connectivity index (χ1n) is 9.03. The minimum atomic E-state index is -0.814. The molecule has 0 radical (unpaired) electrons. The molecule has 1 saturated heterocycles. The average molecular weight is 339 g/mol. The van der Waals surface area contributed by atoms with Crippen LogP contribution in [0.25, 0.3) is 0 Å². The first-order valence-corrected chi connectivity index (χ1v) is 9.03. The summed E-state index contributed by atoms with van der Waals surface area (Å²) in [4.78, 5) is 20.9. The van der Waals surface area contributed by atoms with Crippen molar-refractivity contribution in [1.29, 1.82) is 10.5 Å². The Morgan fingerprint density at radius 3 is 2.40 bits per heavy atom. The van der Waals surface area contributed by atoms with Gasteiger partial charge in [-0.05, 0) is 25.7 Å². The monoisotopic (exact) mass is 339 g/mol. The Morgan fingerprint density at radius 2 is 1.84 bits per heavy atom. The molecule has 25 heavy (non-hydrogen) atoms. The highest BCUT2D eigenvalue weighted by atomic mass is 16.4. The Bertz CT molecular complexity index is 753. The SMILES string of the molecule is N#Cc1nc(C2CC2)oc1N1CCN(C(=O)C2(C#N)CCCC2)CC1. The first kappa shape index (κ1) is 16.0. The van der Waals surface area contributed by atoms with E-state index in [0.29, 0.717) is 62.4 Å². The van der Waals surface area contributed by atoms with E-state index in [9.17, 15) is 15.3 Å². The maximum atomic E-state index is 12.8. The number of nitriles is 2. The summed E-state index contributed by atoms with van der Waals surface area (Å²) in [5.41, 5.74) is -0.475. The molecule has 130 valence electrons. The fourth-order valence-corrected chi connectivity index (χ4v) is 3.89. The van der Waals surface area contributed by atoms with E-state index in [0.717, 1.165) is 25.7 Å². The van der Waals surface area contributed by atoms with Crippen molar-refractivity contribution in [2.24, 2.45) is 5.41 Å². The highest BCUT2D eigenvalue weighted by molar-refractivity contribution is 5.86. The van der Waals surface area contributed by atoms with E-state index in [1.165, 1.54) is 0 Å². The molecule has 4 rings (SSSR count). The molecule has 0 N–H and O–H groups in total. The summed E-state index contributed by atoms with van der Waals surface area (Å²) in [6.45, 7) is 2.29. The van der Waals surface area contributed by atoms with Crippen molar-refractivity contribution in [2.75, 3.05) is 31.1 Å². The normalized spacial score (nSPS) is 22.5. The zero-order valence-electron chi connectivity index (χ0n) is 14.2. The number of piperazine rings is 1. The third-order valence-corrected chi connectivity index (χ3v) is 5.59. The highest BCUT2D eigenvalue weighted by Crippen LogP contribution is 2.42. The topological polar surface area (TPSA) is 97.2 Å². The number of oxazole rings is 1. The van der Waals surface area contributed by atoms with Crippen LogP contribution in [0, 0.1) is 28.1 Å². The van der Waals surface area contributed by atoms with Crippen LogP contribution in [0.1, 0.15) is 56.0 Å². The van der Waals surface area contributed by atoms with Gasteiger partial charge in [0.1, 0.15) is 11.5 Å². The number of anilines is 1. The number of rotatable bonds is 3. The number of carbonyl (C=O) groups is 1. The Morgan fingerprint density at radius 1 is 1.16 bits per heavy atom. The molecule has 3 fully saturated rings. The molecule has 1 aromatic heterocycles. The fourth-order valence-electron chi connectivity index (χ4n) is 3.89. The molecule has 1 amide bonds. The van der Waals surface area contributed by atoms with Gasteiger partial charge in [-0.1, -0.05) is 12.8 Å². The number of amides is 1. The Hall–Kier alpha value is -2.54. The van der Waals surface area contributed by atoms with Crippen LogP contribution in [-0.2, 0) is 4.79 Å². The summed E-state index contributed by atoms with van der Waals surface area (Å²) in [6, 6.07) is 4.40. The van der Waals surface area contributed by atoms with Crippen molar-refractivity contribution in [3.63, 3.8) is 0 Å². The zero-order valence-corrected chi connectivity index (χ0v) is 14.2. The summed E-state index contributed by atoms with van der Waals surface area (Å²) >= 11 is 0. The van der Waals surface area contributed by atoms with Crippen LogP contribution < -0.4 is 4.90 Å². The van der Waals surface area contributed by atoms with Gasteiger partial charge in [-0.3, -0.25) is 4.79 Å². The van der Waals surface area contributed by atoms with Gasteiger partial charge in [-0.2, -0.15) is 10.5 Å². The van der Waals surface area contributed by atoms with Crippen molar-refractivity contribution >= 4 is 11.8 Å². The van der Waals surface area contributed by atoms with Crippen molar-refractivity contribution in [2.45, 2.75) is 44.4 Å². The number of hydrogen-bond acceptors (Lipinski definition) is 6. The Kier molecular flexibility index (Phi) is 3.88. The summed E-state index contributed by atoms with van der Waals surface area (Å²) in [5.74, 6) is 1.54. The maximum absolute atomic E-state index is 12.8. The van der Waals surface area contributed by atoms with Crippen LogP contribution in [0.3, 0.4) is 0 Å². The van der Waals surface area contributed by atoms with Crippen LogP contribution in [0.4, 0.5) is 5.88 Å². The Balaban J connectivity index is 1.44. The maximum Gasteiger partial charge on any atom is 0.243 e. The van der Waals surface area contributed by atoms with Gasteiger partial charge < -0.3 is 14.2 Å². The van der Waals surface area contributed by atoms with Gasteiger partial charge in [0.25, 0.3) is 0 Å². The molecule has 0 unspecified atom stereocenters. The largest absolute Gasteiger partial charge is 0.423 e. The van der Waals surface area contributed by atoms with Crippen molar-refractivity contribution in [3.05, 3.63) is 11.6 Å². The molecule has 1 aromatic rings. The average Bonchev–Trinajstić information content (AvgIpc) is 3.23. The quantitative estimate of drug-likeness (QED) is 0.837. The summed E-state index contributed by atoms with van der Waals surface area (Å²) < 4.78 is 5.84. The lowest BCUT2D eigenvalue weighted by molar-refractivity contribution is -0.139. The molecule has 2 saturated carbocycles. The molecule has 7 heteroatoms. The predicted molar refractivity (Wildman–Crippen MR) is 88.5 cm³/mol. The van der Waals surface area contributed by atoms with Crippen molar-refractivity contribution < 1.29 is 9.21 Å². The second kappa shape index (κ2) is 6.07. The van der Waals surface area contributed by atoms with E-state index >= 15 is 0 Å². The van der Waals surface area contributed by atoms with E-state index in [2.05, 4.69) is 17.1 Å². The second-order valence-electron chi connectivity index (χ2n) is 7.27. The summed E-state index contributed by atoms with van der Waals surface area (Å²) in [5, 5.41) is 18.8. The van der Waals surface area contributed by atoms with Crippen LogP contribution >= 0.6 is 0 Å². The van der Waals surface area contributed by atoms with E-state index in [1.54, 1.807) is 4.90 Å². The van der Waals surface area contributed by atoms with Crippen LogP contribution in [0.5, 0.6) is 0 Å². The van der Waals surface area contributed by atoms with Gasteiger partial charge in [0.05, 0.1) is 6.07 Å². The molecular formula is C18H21N5O2. The zero-order chi connectivity index (χ0) is 17.4. The lowest BCUT2D eigenvalue weighted by Gasteiger charge is -2.37. The molecule has 7 nitrogen and oxygen atoms in total. The molecule has 2 heterocycles. The molecule has 0 aromatic carbocycles. The predicted octanol–water partition coefficient (Wildman–Crippen LogP) is 2.16. The molecule has 3 aliphatic rings. The second-order valence-corrected chi connectivity index (χ2v) is 7.27. The minimum absolute atomic E-state index is 0.0242. The van der Waals surface area contributed by atoms with E-state index in [-0.39, 0.29) is 5.91 Å². The van der Waals surface area contributed by atoms with Gasteiger partial charge >= 0.3 is 0 Å². The molecule has 2 aliphatic carbocycles. The van der Waals surface area contributed by atoms with Crippen molar-refractivity contribution in [1.82, 2.24) is 9.88 Å². The van der Waals surface area contributed by atoms with Gasteiger partial charge in [-0.25, -0.2) is 4.98 Å². The van der Waals surface area contributed by atoms with E-state index in [1.807, 2.05) is 4.90 Å². The summed E-state index contributed by atoms with van der Waals surface area (Å²) in [7, 11) is 0. The standard InChI is InChI=1S/C18H21N5O2/c19-11-14-16(25-15(21-14)13-3-4-13)22-7-9-23(10-8-22)17(24)18(12-20)5-1-2-6-18/h13H,1-10H2. The van der Waals surface area contributed by atoms with Crippen molar-refractivity contribution in [3.8, 4) is 12.1 Å². The van der Waals surface area contributed by atoms with Crippen LogP contribution in [0.2, 0.25) is 0 Å². The van der Waals surface area contributed by atoms with E-state index < -0.39 is 5.41 Å². The van der Waals surface area contributed by atoms with Gasteiger partial charge in [0.2, 0.25) is 23.4 Å². The van der Waals surface area contributed by atoms with Gasteiger partial charge in [-0.15, -0.1) is 0 Å². The number of carbonyl (C=O) groups excluding carboxylic acids is 1. The first-order chi connectivity index (χ1) is 12.2. The van der Waals surface area contributed by atoms with Crippen LogP contribution in [-0.4, -0.2) is 42.0 Å². The third-order valence-electron chi connectivity index (χ3n) is 5.59. The summed E-state index contributed by atoms with van der Waals surface area (Å²) in [6.07, 6.45) is 5.40. The Labute approximate surface area is 146 Å². The molecule has 0 atom stereocenters. The van der Waals surface area contributed by atoms with Gasteiger partial charge in [0, 0.05) is 32.1 Å². The van der Waals surface area contributed by atoms with E-state index in [4.69, 9.17) is 4.42 Å². The number of nitrogens with zero attached hydrogens (tertiary/aromatic N) is 5. The molecule has 1 aliphatic heterocycles. The third kappa shape index (κ3) is 2.74. The fraction of sp³-hybridized carbons (Fsp3) is 0.667. The minimum Gasteiger partial charge on any atom is -0.423 e. The number of aromatic nitrogens is 1. The van der Waals surface area contributed by atoms with Gasteiger partial charge in [0.15, 0.2) is 0 Å². The van der Waals surface area contributed by atoms with Crippen LogP contribution in [0.15, 0.2) is 4.42 Å². The lowest BCUT2D eigenvalue weighted by atomic mass is 9.86.